The maximum absolute atomic E-state index is 12.7. The minimum atomic E-state index is -0.695. The molecule has 2 rings (SSSR count). The zero-order chi connectivity index (χ0) is 18.1. The molecule has 0 radical (unpaired) electrons. The highest BCUT2D eigenvalue weighted by molar-refractivity contribution is 7.98. The summed E-state index contributed by atoms with van der Waals surface area (Å²) >= 11 is 1.45. The third-order valence-electron chi connectivity index (χ3n) is 3.55. The van der Waals surface area contributed by atoms with E-state index in [1.165, 1.54) is 11.8 Å². The number of nitrogens with zero attached hydrogens (tertiary/aromatic N) is 1. The van der Waals surface area contributed by atoms with E-state index in [-0.39, 0.29) is 18.4 Å². The van der Waals surface area contributed by atoms with Gasteiger partial charge in [0.1, 0.15) is 12.6 Å². The highest BCUT2D eigenvalue weighted by atomic mass is 32.2. The second kappa shape index (κ2) is 9.50. The highest BCUT2D eigenvalue weighted by Crippen LogP contribution is 2.23. The van der Waals surface area contributed by atoms with Gasteiger partial charge in [-0.3, -0.25) is 9.59 Å². The van der Waals surface area contributed by atoms with E-state index in [0.29, 0.717) is 11.3 Å². The van der Waals surface area contributed by atoms with Crippen molar-refractivity contribution in [1.29, 1.82) is 5.26 Å². The lowest BCUT2D eigenvalue weighted by Crippen LogP contribution is -2.48. The van der Waals surface area contributed by atoms with Crippen LogP contribution in [0.5, 0.6) is 0 Å². The lowest BCUT2D eigenvalue weighted by atomic mass is 9.99. The van der Waals surface area contributed by atoms with Gasteiger partial charge in [0.2, 0.25) is 5.91 Å². The monoisotopic (exact) mass is 353 g/mol. The Bertz CT molecular complexity index is 772. The van der Waals surface area contributed by atoms with Crippen LogP contribution in [0.2, 0.25) is 0 Å². The molecule has 0 heterocycles. The summed E-state index contributed by atoms with van der Waals surface area (Å²) in [7, 11) is 0. The molecule has 0 saturated heterocycles. The van der Waals surface area contributed by atoms with E-state index in [0.717, 1.165) is 11.1 Å². The molecule has 2 amide bonds. The molecule has 1 unspecified atom stereocenters. The predicted molar refractivity (Wildman–Crippen MR) is 100 cm³/mol. The predicted octanol–water partition coefficient (Wildman–Crippen LogP) is 2.45. The summed E-state index contributed by atoms with van der Waals surface area (Å²) in [6, 6.07) is 18.1. The molecule has 2 aromatic carbocycles. The van der Waals surface area contributed by atoms with Crippen molar-refractivity contribution in [3.05, 3.63) is 60.2 Å². The van der Waals surface area contributed by atoms with Gasteiger partial charge in [0.15, 0.2) is 0 Å². The van der Waals surface area contributed by atoms with E-state index in [1.807, 2.05) is 54.8 Å². The van der Waals surface area contributed by atoms with Crippen LogP contribution in [-0.2, 0) is 4.79 Å². The molecule has 128 valence electrons. The summed E-state index contributed by atoms with van der Waals surface area (Å²) in [6.45, 7) is -0.0831. The molecule has 6 heteroatoms. The van der Waals surface area contributed by atoms with Crippen LogP contribution in [0.25, 0.3) is 11.1 Å². The topological polar surface area (TPSA) is 82.0 Å². The number of amides is 2. The van der Waals surface area contributed by atoms with Crippen LogP contribution < -0.4 is 10.6 Å². The minimum absolute atomic E-state index is 0.0831. The van der Waals surface area contributed by atoms with Crippen molar-refractivity contribution in [3.8, 4) is 17.2 Å². The molecule has 5 nitrogen and oxygen atoms in total. The normalized spacial score (nSPS) is 11.2. The van der Waals surface area contributed by atoms with Gasteiger partial charge in [-0.25, -0.2) is 0 Å². The first-order valence-corrected chi connectivity index (χ1v) is 9.15. The maximum atomic E-state index is 12.7. The Hall–Kier alpha value is -2.78. The van der Waals surface area contributed by atoms with Crippen molar-refractivity contribution in [2.75, 3.05) is 18.6 Å². The van der Waals surface area contributed by atoms with Crippen molar-refractivity contribution in [2.45, 2.75) is 6.04 Å². The number of nitrogens with one attached hydrogen (secondary N) is 2. The van der Waals surface area contributed by atoms with Crippen molar-refractivity contribution in [2.24, 2.45) is 0 Å². The third-order valence-corrected chi connectivity index (χ3v) is 4.22. The molecule has 2 aromatic rings. The first kappa shape index (κ1) is 18.6. The van der Waals surface area contributed by atoms with Gasteiger partial charge in [-0.15, -0.1) is 0 Å². The first-order valence-electron chi connectivity index (χ1n) is 7.76. The Morgan fingerprint density at radius 3 is 2.48 bits per heavy atom. The molecule has 2 N–H and O–H groups in total. The molecule has 0 aliphatic rings. The van der Waals surface area contributed by atoms with Crippen LogP contribution in [0.3, 0.4) is 0 Å². The van der Waals surface area contributed by atoms with Gasteiger partial charge in [0, 0.05) is 11.3 Å². The lowest BCUT2D eigenvalue weighted by molar-refractivity contribution is -0.122. The van der Waals surface area contributed by atoms with Crippen LogP contribution in [0.1, 0.15) is 10.4 Å². The number of rotatable bonds is 7. The molecule has 0 aromatic heterocycles. The van der Waals surface area contributed by atoms with Crippen molar-refractivity contribution >= 4 is 23.6 Å². The first-order chi connectivity index (χ1) is 12.2. The molecular formula is C19H19N3O2S. The Morgan fingerprint density at radius 2 is 1.80 bits per heavy atom. The number of carbonyl (C=O) groups excluding carboxylic acids is 2. The molecule has 0 fully saturated rings. The summed E-state index contributed by atoms with van der Waals surface area (Å²) in [5, 5.41) is 13.9. The van der Waals surface area contributed by atoms with E-state index < -0.39 is 6.04 Å². The van der Waals surface area contributed by atoms with Gasteiger partial charge in [-0.1, -0.05) is 48.5 Å². The van der Waals surface area contributed by atoms with Gasteiger partial charge in [-0.05, 0) is 23.4 Å². The number of thioether (sulfide) groups is 1. The van der Waals surface area contributed by atoms with E-state index >= 15 is 0 Å². The smallest absolute Gasteiger partial charge is 0.252 e. The van der Waals surface area contributed by atoms with Gasteiger partial charge in [-0.2, -0.15) is 17.0 Å². The van der Waals surface area contributed by atoms with E-state index in [1.54, 1.807) is 12.1 Å². The van der Waals surface area contributed by atoms with Crippen LogP contribution in [0, 0.1) is 11.3 Å². The molecule has 0 saturated carbocycles. The van der Waals surface area contributed by atoms with Crippen molar-refractivity contribution < 1.29 is 9.59 Å². The minimum Gasteiger partial charge on any atom is -0.341 e. The average Bonchev–Trinajstić information content (AvgIpc) is 2.66. The number of hydrogen-bond acceptors (Lipinski definition) is 4. The molecule has 25 heavy (non-hydrogen) atoms. The highest BCUT2D eigenvalue weighted by Gasteiger charge is 2.22. The van der Waals surface area contributed by atoms with E-state index in [9.17, 15) is 9.59 Å². The zero-order valence-electron chi connectivity index (χ0n) is 13.9. The molecule has 0 aliphatic carbocycles. The Kier molecular flexibility index (Phi) is 7.05. The summed E-state index contributed by atoms with van der Waals surface area (Å²) in [5.41, 5.74) is 2.25. The van der Waals surface area contributed by atoms with Crippen LogP contribution in [0.4, 0.5) is 0 Å². The quantitative estimate of drug-likeness (QED) is 0.749. The fraction of sp³-hybridized carbons (Fsp3) is 0.211. The Labute approximate surface area is 151 Å². The molecule has 0 spiro atoms. The largest absolute Gasteiger partial charge is 0.341 e. The number of benzene rings is 2. The average molecular weight is 353 g/mol. The zero-order valence-corrected chi connectivity index (χ0v) is 14.7. The number of nitriles is 1. The van der Waals surface area contributed by atoms with Crippen LogP contribution >= 0.6 is 11.8 Å². The van der Waals surface area contributed by atoms with E-state index in [2.05, 4.69) is 10.6 Å². The van der Waals surface area contributed by atoms with Crippen molar-refractivity contribution in [3.63, 3.8) is 0 Å². The Morgan fingerprint density at radius 1 is 1.12 bits per heavy atom. The van der Waals surface area contributed by atoms with Crippen LogP contribution in [0.15, 0.2) is 54.6 Å². The van der Waals surface area contributed by atoms with Gasteiger partial charge in [0.05, 0.1) is 6.07 Å². The van der Waals surface area contributed by atoms with Gasteiger partial charge in [0.25, 0.3) is 5.91 Å². The second-order valence-electron chi connectivity index (χ2n) is 5.27. The SMILES string of the molecule is CSCC(NC(=O)c1ccccc1-c1ccccc1)C(=O)NCC#N. The molecular weight excluding hydrogens is 334 g/mol. The fourth-order valence-electron chi connectivity index (χ4n) is 2.39. The van der Waals surface area contributed by atoms with Gasteiger partial charge >= 0.3 is 0 Å². The fourth-order valence-corrected chi connectivity index (χ4v) is 2.95. The summed E-state index contributed by atoms with van der Waals surface area (Å²) in [4.78, 5) is 24.9. The standard InChI is InChI=1S/C19H19N3O2S/c1-25-13-17(19(24)21-12-11-20)22-18(23)16-10-6-5-9-15(16)14-7-3-2-4-8-14/h2-10,17H,12-13H2,1H3,(H,21,24)(H,22,23). The summed E-state index contributed by atoms with van der Waals surface area (Å²) in [5.74, 6) is -0.247. The van der Waals surface area contributed by atoms with E-state index in [4.69, 9.17) is 5.26 Å². The summed E-state index contributed by atoms with van der Waals surface area (Å²) in [6.07, 6.45) is 1.86. The number of hydrogen-bond donors (Lipinski definition) is 2. The lowest BCUT2D eigenvalue weighted by Gasteiger charge is -2.18. The van der Waals surface area contributed by atoms with Crippen LogP contribution in [-0.4, -0.2) is 36.4 Å². The molecule has 0 aliphatic heterocycles. The third kappa shape index (κ3) is 5.10. The number of carbonyl (C=O) groups is 2. The molecule has 1 atom stereocenters. The molecule has 0 bridgehead atoms. The summed E-state index contributed by atoms with van der Waals surface area (Å²) < 4.78 is 0. The Balaban J connectivity index is 2.22. The maximum Gasteiger partial charge on any atom is 0.252 e. The second-order valence-corrected chi connectivity index (χ2v) is 6.18. The van der Waals surface area contributed by atoms with Gasteiger partial charge < -0.3 is 10.6 Å². The van der Waals surface area contributed by atoms with Crippen molar-refractivity contribution in [1.82, 2.24) is 10.6 Å².